The van der Waals surface area contributed by atoms with Crippen LogP contribution in [-0.2, 0) is 4.79 Å². The Morgan fingerprint density at radius 3 is 2.41 bits per heavy atom. The van der Waals surface area contributed by atoms with Crippen molar-refractivity contribution in [2.75, 3.05) is 27.3 Å². The standard InChI is InChI=1S/C26H29NO5/c1-17-13-20-21(28)16-26(32-23(20)14-18(17)2)9-11-27(12-10-26)25(29)8-6-19-5-7-22(30-3)24(15-19)31-4/h5-8,13-15H,9-12,16H2,1-4H3/b8-6+. The van der Waals surface area contributed by atoms with Crippen molar-refractivity contribution < 1.29 is 23.8 Å². The number of Topliss-reactive ketones (excluding diaryl/α,β-unsaturated/α-hetero) is 1. The summed E-state index contributed by atoms with van der Waals surface area (Å²) < 4.78 is 16.9. The number of nitrogens with zero attached hydrogens (tertiary/aromatic N) is 1. The maximum absolute atomic E-state index is 12.8. The van der Waals surface area contributed by atoms with Gasteiger partial charge in [-0.3, -0.25) is 9.59 Å². The molecule has 2 aliphatic rings. The zero-order chi connectivity index (χ0) is 22.9. The van der Waals surface area contributed by atoms with Crippen LogP contribution in [0.1, 0.15) is 46.3 Å². The molecule has 0 aliphatic carbocycles. The monoisotopic (exact) mass is 435 g/mol. The molecule has 0 saturated carbocycles. The number of ketones is 1. The largest absolute Gasteiger partial charge is 0.493 e. The van der Waals surface area contributed by atoms with E-state index in [-0.39, 0.29) is 11.7 Å². The molecule has 2 aromatic rings. The number of benzene rings is 2. The highest BCUT2D eigenvalue weighted by Crippen LogP contribution is 2.40. The minimum Gasteiger partial charge on any atom is -0.493 e. The highest BCUT2D eigenvalue weighted by molar-refractivity contribution is 6.00. The summed E-state index contributed by atoms with van der Waals surface area (Å²) in [6.45, 7) is 5.15. The third-order valence-corrected chi connectivity index (χ3v) is 6.52. The summed E-state index contributed by atoms with van der Waals surface area (Å²) >= 11 is 0. The van der Waals surface area contributed by atoms with Gasteiger partial charge in [0, 0.05) is 32.0 Å². The zero-order valence-electron chi connectivity index (χ0n) is 19.1. The molecule has 2 aliphatic heterocycles. The molecule has 2 heterocycles. The van der Waals surface area contributed by atoms with Crippen LogP contribution >= 0.6 is 0 Å². The molecule has 168 valence electrons. The number of rotatable bonds is 4. The third kappa shape index (κ3) is 4.22. The minimum absolute atomic E-state index is 0.0522. The van der Waals surface area contributed by atoms with E-state index in [0.29, 0.717) is 55.2 Å². The van der Waals surface area contributed by atoms with E-state index in [9.17, 15) is 9.59 Å². The second-order valence-electron chi connectivity index (χ2n) is 8.59. The van der Waals surface area contributed by atoms with Gasteiger partial charge in [-0.25, -0.2) is 0 Å². The average molecular weight is 436 g/mol. The van der Waals surface area contributed by atoms with E-state index in [1.165, 1.54) is 0 Å². The van der Waals surface area contributed by atoms with Crippen LogP contribution in [0.2, 0.25) is 0 Å². The molecule has 0 atom stereocenters. The Hall–Kier alpha value is -3.28. The average Bonchev–Trinajstić information content (AvgIpc) is 2.79. The summed E-state index contributed by atoms with van der Waals surface area (Å²) in [5.74, 6) is 2.02. The first kappa shape index (κ1) is 21.9. The van der Waals surface area contributed by atoms with Gasteiger partial charge in [0.25, 0.3) is 0 Å². The maximum atomic E-state index is 12.8. The van der Waals surface area contributed by atoms with E-state index in [2.05, 4.69) is 0 Å². The van der Waals surface area contributed by atoms with Crippen molar-refractivity contribution in [2.24, 2.45) is 0 Å². The molecule has 1 spiro atoms. The number of carbonyl (C=O) groups excluding carboxylic acids is 2. The van der Waals surface area contributed by atoms with Gasteiger partial charge in [-0.1, -0.05) is 6.07 Å². The number of carbonyl (C=O) groups is 2. The summed E-state index contributed by atoms with van der Waals surface area (Å²) in [5, 5.41) is 0. The van der Waals surface area contributed by atoms with Gasteiger partial charge in [0.05, 0.1) is 26.2 Å². The fourth-order valence-electron chi connectivity index (χ4n) is 4.39. The summed E-state index contributed by atoms with van der Waals surface area (Å²) in [6.07, 6.45) is 5.00. The molecule has 0 unspecified atom stereocenters. The number of methoxy groups -OCH3 is 2. The van der Waals surface area contributed by atoms with Gasteiger partial charge in [0.2, 0.25) is 5.91 Å². The molecule has 0 radical (unpaired) electrons. The van der Waals surface area contributed by atoms with Gasteiger partial charge >= 0.3 is 0 Å². The summed E-state index contributed by atoms with van der Waals surface area (Å²) in [6, 6.07) is 9.41. The molecule has 32 heavy (non-hydrogen) atoms. The van der Waals surface area contributed by atoms with Gasteiger partial charge in [0.1, 0.15) is 11.4 Å². The van der Waals surface area contributed by atoms with E-state index in [0.717, 1.165) is 16.7 Å². The van der Waals surface area contributed by atoms with Crippen LogP contribution in [-0.4, -0.2) is 49.5 Å². The van der Waals surface area contributed by atoms with Crippen LogP contribution in [0.15, 0.2) is 36.4 Å². The summed E-state index contributed by atoms with van der Waals surface area (Å²) in [7, 11) is 3.17. The SMILES string of the molecule is COc1ccc(/C=C/C(=O)N2CCC3(CC2)CC(=O)c2cc(C)c(C)cc2O3)cc1OC. The Labute approximate surface area is 188 Å². The number of piperidine rings is 1. The lowest BCUT2D eigenvalue weighted by atomic mass is 9.82. The quantitative estimate of drug-likeness (QED) is 0.668. The van der Waals surface area contributed by atoms with Gasteiger partial charge in [-0.05, 0) is 60.9 Å². The predicted octanol–water partition coefficient (Wildman–Crippen LogP) is 4.36. The normalized spacial score (nSPS) is 17.2. The molecule has 1 fully saturated rings. The van der Waals surface area contributed by atoms with Crippen LogP contribution in [0.25, 0.3) is 6.08 Å². The second kappa shape index (κ2) is 8.69. The first-order chi connectivity index (χ1) is 15.3. The molecule has 0 aromatic heterocycles. The lowest BCUT2D eigenvalue weighted by molar-refractivity contribution is -0.129. The van der Waals surface area contributed by atoms with Gasteiger partial charge < -0.3 is 19.1 Å². The molecule has 4 rings (SSSR count). The van der Waals surface area contributed by atoms with E-state index < -0.39 is 5.60 Å². The molecule has 0 bridgehead atoms. The van der Waals surface area contributed by atoms with Crippen molar-refractivity contribution in [3.05, 3.63) is 58.7 Å². The van der Waals surface area contributed by atoms with E-state index in [1.807, 2.05) is 49.1 Å². The molecule has 1 amide bonds. The number of hydrogen-bond donors (Lipinski definition) is 0. The smallest absolute Gasteiger partial charge is 0.246 e. The fraction of sp³-hybridized carbons (Fsp3) is 0.385. The zero-order valence-corrected chi connectivity index (χ0v) is 19.1. The van der Waals surface area contributed by atoms with Crippen LogP contribution in [0.5, 0.6) is 17.2 Å². The van der Waals surface area contributed by atoms with Crippen molar-refractivity contribution in [3.63, 3.8) is 0 Å². The molecule has 1 saturated heterocycles. The Morgan fingerprint density at radius 2 is 1.72 bits per heavy atom. The van der Waals surface area contributed by atoms with E-state index in [1.54, 1.807) is 26.4 Å². The van der Waals surface area contributed by atoms with Crippen LogP contribution in [0, 0.1) is 13.8 Å². The third-order valence-electron chi connectivity index (χ3n) is 6.52. The highest BCUT2D eigenvalue weighted by atomic mass is 16.5. The number of amides is 1. The lowest BCUT2D eigenvalue weighted by Gasteiger charge is -2.44. The molecule has 6 nitrogen and oxygen atoms in total. The van der Waals surface area contributed by atoms with Crippen LogP contribution < -0.4 is 14.2 Å². The predicted molar refractivity (Wildman–Crippen MR) is 123 cm³/mol. The maximum Gasteiger partial charge on any atom is 0.246 e. The molecular formula is C26H29NO5. The van der Waals surface area contributed by atoms with Crippen molar-refractivity contribution in [2.45, 2.75) is 38.7 Å². The summed E-state index contributed by atoms with van der Waals surface area (Å²) in [4.78, 5) is 27.4. The van der Waals surface area contributed by atoms with E-state index >= 15 is 0 Å². The molecule has 6 heteroatoms. The number of ether oxygens (including phenoxy) is 3. The molecule has 0 N–H and O–H groups in total. The molecule has 2 aromatic carbocycles. The lowest BCUT2D eigenvalue weighted by Crippen LogP contribution is -2.52. The van der Waals surface area contributed by atoms with Gasteiger partial charge in [-0.15, -0.1) is 0 Å². The Bertz CT molecular complexity index is 1080. The van der Waals surface area contributed by atoms with Crippen LogP contribution in [0.4, 0.5) is 0 Å². The summed E-state index contributed by atoms with van der Waals surface area (Å²) in [5.41, 5.74) is 3.22. The number of fused-ring (bicyclic) bond motifs is 1. The number of likely N-dealkylation sites (tertiary alicyclic amines) is 1. The Balaban J connectivity index is 1.41. The Morgan fingerprint density at radius 1 is 1.03 bits per heavy atom. The number of hydrogen-bond acceptors (Lipinski definition) is 5. The first-order valence-electron chi connectivity index (χ1n) is 10.9. The minimum atomic E-state index is -0.518. The van der Waals surface area contributed by atoms with Crippen molar-refractivity contribution in [3.8, 4) is 17.2 Å². The van der Waals surface area contributed by atoms with Crippen molar-refractivity contribution >= 4 is 17.8 Å². The second-order valence-corrected chi connectivity index (χ2v) is 8.59. The number of aryl methyl sites for hydroxylation is 2. The van der Waals surface area contributed by atoms with Gasteiger partial charge in [-0.2, -0.15) is 0 Å². The topological polar surface area (TPSA) is 65.1 Å². The van der Waals surface area contributed by atoms with Gasteiger partial charge in [0.15, 0.2) is 17.3 Å². The molecular weight excluding hydrogens is 406 g/mol. The highest BCUT2D eigenvalue weighted by Gasteiger charge is 2.43. The Kier molecular flexibility index (Phi) is 5.96. The van der Waals surface area contributed by atoms with Crippen molar-refractivity contribution in [1.82, 2.24) is 4.90 Å². The van der Waals surface area contributed by atoms with Crippen LogP contribution in [0.3, 0.4) is 0 Å². The fourth-order valence-corrected chi connectivity index (χ4v) is 4.39. The van der Waals surface area contributed by atoms with Crippen molar-refractivity contribution in [1.29, 1.82) is 0 Å². The first-order valence-corrected chi connectivity index (χ1v) is 10.9. The van der Waals surface area contributed by atoms with E-state index in [4.69, 9.17) is 14.2 Å².